The third-order valence-corrected chi connectivity index (χ3v) is 2.68. The highest BCUT2D eigenvalue weighted by Crippen LogP contribution is 2.25. The van der Waals surface area contributed by atoms with E-state index in [2.05, 4.69) is 14.1 Å². The number of carbonyl (C=O) groups excluding carboxylic acids is 1. The van der Waals surface area contributed by atoms with E-state index in [1.807, 2.05) is 51.1 Å². The lowest BCUT2D eigenvalue weighted by atomic mass is 10.1. The summed E-state index contributed by atoms with van der Waals surface area (Å²) in [6.45, 7) is 5.43. The quantitative estimate of drug-likeness (QED) is 0.911. The Labute approximate surface area is 115 Å². The van der Waals surface area contributed by atoms with Gasteiger partial charge in [0, 0.05) is 5.56 Å². The Morgan fingerprint density at radius 3 is 2.53 bits per heavy atom. The van der Waals surface area contributed by atoms with Crippen LogP contribution in [-0.4, -0.2) is 20.4 Å². The highest BCUT2D eigenvalue weighted by atomic mass is 32.1. The minimum absolute atomic E-state index is 0.422. The minimum Gasteiger partial charge on any atom is -0.444 e. The van der Waals surface area contributed by atoms with Crippen molar-refractivity contribution in [2.24, 2.45) is 0 Å². The van der Waals surface area contributed by atoms with E-state index in [4.69, 9.17) is 4.74 Å². The average molecular weight is 277 g/mol. The molecule has 2 rings (SSSR count). The van der Waals surface area contributed by atoms with Crippen LogP contribution in [-0.2, 0) is 4.74 Å². The Morgan fingerprint density at radius 1 is 1.21 bits per heavy atom. The minimum atomic E-state index is -0.541. The number of nitrogens with one attached hydrogen (secondary N) is 1. The van der Waals surface area contributed by atoms with Gasteiger partial charge in [-0.1, -0.05) is 30.3 Å². The van der Waals surface area contributed by atoms with E-state index in [0.29, 0.717) is 11.5 Å². The first-order chi connectivity index (χ1) is 8.96. The van der Waals surface area contributed by atoms with Crippen LogP contribution in [0, 0.1) is 0 Å². The monoisotopic (exact) mass is 277 g/mol. The molecule has 0 aliphatic heterocycles. The van der Waals surface area contributed by atoms with Crippen molar-refractivity contribution in [1.82, 2.24) is 8.75 Å². The first kappa shape index (κ1) is 13.5. The number of hydrogen-bond donors (Lipinski definition) is 1. The van der Waals surface area contributed by atoms with Crippen molar-refractivity contribution < 1.29 is 9.53 Å². The molecular weight excluding hydrogens is 262 g/mol. The number of rotatable bonds is 2. The molecule has 2 aromatic rings. The zero-order valence-electron chi connectivity index (χ0n) is 11.0. The predicted molar refractivity (Wildman–Crippen MR) is 75.2 cm³/mol. The fraction of sp³-hybridized carbons (Fsp3) is 0.308. The van der Waals surface area contributed by atoms with Gasteiger partial charge < -0.3 is 4.74 Å². The number of ether oxygens (including phenoxy) is 1. The van der Waals surface area contributed by atoms with E-state index in [1.54, 1.807) is 0 Å². The fourth-order valence-corrected chi connectivity index (χ4v) is 1.98. The van der Waals surface area contributed by atoms with E-state index in [1.165, 1.54) is 0 Å². The summed E-state index contributed by atoms with van der Waals surface area (Å²) in [7, 11) is 0. The van der Waals surface area contributed by atoms with Gasteiger partial charge in [-0.2, -0.15) is 8.75 Å². The van der Waals surface area contributed by atoms with Gasteiger partial charge in [-0.3, -0.25) is 5.32 Å². The van der Waals surface area contributed by atoms with Crippen molar-refractivity contribution in [2.45, 2.75) is 26.4 Å². The Hall–Kier alpha value is -1.95. The number of nitrogens with zero attached hydrogens (tertiary/aromatic N) is 2. The summed E-state index contributed by atoms with van der Waals surface area (Å²) in [4.78, 5) is 11.7. The second kappa shape index (κ2) is 5.36. The second-order valence-corrected chi connectivity index (χ2v) is 5.48. The van der Waals surface area contributed by atoms with Crippen molar-refractivity contribution >= 4 is 23.6 Å². The lowest BCUT2D eigenvalue weighted by Crippen LogP contribution is -2.27. The van der Waals surface area contributed by atoms with Gasteiger partial charge >= 0.3 is 6.09 Å². The molecule has 1 amide bonds. The maximum absolute atomic E-state index is 11.7. The molecule has 0 fully saturated rings. The second-order valence-electron chi connectivity index (χ2n) is 4.95. The summed E-state index contributed by atoms with van der Waals surface area (Å²) in [6.07, 6.45) is -0.530. The lowest BCUT2D eigenvalue weighted by molar-refractivity contribution is 0.0635. The van der Waals surface area contributed by atoms with Crippen LogP contribution in [0.15, 0.2) is 30.3 Å². The molecule has 5 nitrogen and oxygen atoms in total. The molecule has 100 valence electrons. The summed E-state index contributed by atoms with van der Waals surface area (Å²) < 4.78 is 13.5. The standard InChI is InChI=1S/C13H15N3O2S/c1-13(2,3)18-12(17)14-11-10(15-19-16-11)9-7-5-4-6-8-9/h4-8H,1-3H3,(H,14,16,17). The van der Waals surface area contributed by atoms with Gasteiger partial charge in [-0.25, -0.2) is 4.79 Å². The molecule has 1 heterocycles. The molecule has 0 bridgehead atoms. The fourth-order valence-electron chi connectivity index (χ4n) is 1.46. The van der Waals surface area contributed by atoms with E-state index < -0.39 is 11.7 Å². The lowest BCUT2D eigenvalue weighted by Gasteiger charge is -2.19. The summed E-state index contributed by atoms with van der Waals surface area (Å²) in [5.74, 6) is 0.422. The maximum atomic E-state index is 11.7. The molecule has 0 spiro atoms. The normalized spacial score (nSPS) is 11.1. The molecule has 0 radical (unpaired) electrons. The predicted octanol–water partition coefficient (Wildman–Crippen LogP) is 3.55. The highest BCUT2D eigenvalue weighted by Gasteiger charge is 2.19. The van der Waals surface area contributed by atoms with Gasteiger partial charge in [-0.15, -0.1) is 0 Å². The summed E-state index contributed by atoms with van der Waals surface area (Å²) in [6, 6.07) is 9.57. The number of carbonyl (C=O) groups is 1. The van der Waals surface area contributed by atoms with Gasteiger partial charge in [0.15, 0.2) is 5.82 Å². The number of benzene rings is 1. The first-order valence-electron chi connectivity index (χ1n) is 5.84. The molecule has 0 saturated carbocycles. The number of amides is 1. The van der Waals surface area contributed by atoms with E-state index in [0.717, 1.165) is 17.3 Å². The first-order valence-corrected chi connectivity index (χ1v) is 6.57. The van der Waals surface area contributed by atoms with Crippen LogP contribution in [0.1, 0.15) is 20.8 Å². The van der Waals surface area contributed by atoms with Crippen molar-refractivity contribution in [3.05, 3.63) is 30.3 Å². The Morgan fingerprint density at radius 2 is 1.89 bits per heavy atom. The molecule has 0 aliphatic carbocycles. The molecule has 6 heteroatoms. The molecule has 0 atom stereocenters. The van der Waals surface area contributed by atoms with Gasteiger partial charge in [0.2, 0.25) is 0 Å². The van der Waals surface area contributed by atoms with Gasteiger partial charge in [0.05, 0.1) is 11.7 Å². The Bertz CT molecular complexity index is 561. The van der Waals surface area contributed by atoms with E-state index in [9.17, 15) is 4.79 Å². The van der Waals surface area contributed by atoms with Crippen LogP contribution >= 0.6 is 11.7 Å². The van der Waals surface area contributed by atoms with Gasteiger partial charge in [0.1, 0.15) is 11.3 Å². The molecule has 1 aromatic carbocycles. The third kappa shape index (κ3) is 3.75. The summed E-state index contributed by atoms with van der Waals surface area (Å²) in [5.41, 5.74) is 1.01. The zero-order valence-corrected chi connectivity index (χ0v) is 11.8. The van der Waals surface area contributed by atoms with Gasteiger partial charge in [-0.05, 0) is 20.8 Å². The molecule has 0 saturated heterocycles. The van der Waals surface area contributed by atoms with Crippen molar-refractivity contribution in [3.8, 4) is 11.3 Å². The molecule has 0 aliphatic rings. The smallest absolute Gasteiger partial charge is 0.413 e. The van der Waals surface area contributed by atoms with E-state index >= 15 is 0 Å². The number of hydrogen-bond acceptors (Lipinski definition) is 5. The molecule has 0 unspecified atom stereocenters. The average Bonchev–Trinajstić information content (AvgIpc) is 2.75. The van der Waals surface area contributed by atoms with Crippen LogP contribution in [0.2, 0.25) is 0 Å². The molecule has 19 heavy (non-hydrogen) atoms. The molecule has 1 aromatic heterocycles. The van der Waals surface area contributed by atoms with Crippen LogP contribution in [0.25, 0.3) is 11.3 Å². The highest BCUT2D eigenvalue weighted by molar-refractivity contribution is 6.99. The summed E-state index contributed by atoms with van der Waals surface area (Å²) >= 11 is 1.05. The maximum Gasteiger partial charge on any atom is 0.413 e. The number of anilines is 1. The SMILES string of the molecule is CC(C)(C)OC(=O)Nc1nsnc1-c1ccccc1. The van der Waals surface area contributed by atoms with Crippen LogP contribution in [0.5, 0.6) is 0 Å². The van der Waals surface area contributed by atoms with Crippen LogP contribution in [0.3, 0.4) is 0 Å². The van der Waals surface area contributed by atoms with Crippen LogP contribution < -0.4 is 5.32 Å². The third-order valence-electron chi connectivity index (χ3n) is 2.16. The zero-order chi connectivity index (χ0) is 13.9. The molecule has 1 N–H and O–H groups in total. The van der Waals surface area contributed by atoms with E-state index in [-0.39, 0.29) is 0 Å². The van der Waals surface area contributed by atoms with Crippen LogP contribution in [0.4, 0.5) is 10.6 Å². The van der Waals surface area contributed by atoms with Crippen molar-refractivity contribution in [3.63, 3.8) is 0 Å². The topological polar surface area (TPSA) is 64.1 Å². The molecular formula is C13H15N3O2S. The summed E-state index contributed by atoms with van der Waals surface area (Å²) in [5, 5.41) is 2.62. The van der Waals surface area contributed by atoms with Crippen molar-refractivity contribution in [1.29, 1.82) is 0 Å². The Kier molecular flexibility index (Phi) is 3.80. The number of aromatic nitrogens is 2. The van der Waals surface area contributed by atoms with Crippen molar-refractivity contribution in [2.75, 3.05) is 5.32 Å². The Balaban J connectivity index is 2.15. The van der Waals surface area contributed by atoms with Gasteiger partial charge in [0.25, 0.3) is 0 Å². The largest absolute Gasteiger partial charge is 0.444 e.